The molecule has 7 nitrogen and oxygen atoms in total. The van der Waals surface area contributed by atoms with Crippen molar-refractivity contribution in [2.24, 2.45) is 0 Å². The highest BCUT2D eigenvalue weighted by atomic mass is 16.5. The maximum atomic E-state index is 12.9. The van der Waals surface area contributed by atoms with E-state index in [0.717, 1.165) is 45.2 Å². The summed E-state index contributed by atoms with van der Waals surface area (Å²) in [5.74, 6) is 0.913. The molecule has 2 aromatic heterocycles. The zero-order valence-electron chi connectivity index (χ0n) is 19.5. The molecule has 2 aromatic carbocycles. The van der Waals surface area contributed by atoms with Crippen LogP contribution in [0.1, 0.15) is 22.8 Å². The van der Waals surface area contributed by atoms with E-state index in [1.807, 2.05) is 85.7 Å². The maximum absolute atomic E-state index is 12.9. The van der Waals surface area contributed by atoms with E-state index in [9.17, 15) is 4.79 Å². The van der Waals surface area contributed by atoms with E-state index in [2.05, 4.69) is 14.7 Å². The minimum absolute atomic E-state index is 0.0581. The molecule has 0 saturated carbocycles. The lowest BCUT2D eigenvalue weighted by Gasteiger charge is -2.27. The Morgan fingerprint density at radius 1 is 1.12 bits per heavy atom. The van der Waals surface area contributed by atoms with Gasteiger partial charge in [0.25, 0.3) is 5.91 Å². The van der Waals surface area contributed by atoms with Crippen LogP contribution < -0.4 is 10.1 Å². The number of rotatable bonds is 6. The van der Waals surface area contributed by atoms with Crippen LogP contribution in [0.4, 0.5) is 11.4 Å². The SMILES string of the molecule is CCOc1ccc(-c2cnc3c(Nc4ccc(C(=O)N5CCOCC5)c(C)c4)cccn23)cc1. The summed E-state index contributed by atoms with van der Waals surface area (Å²) in [7, 11) is 0. The van der Waals surface area contributed by atoms with E-state index in [4.69, 9.17) is 9.47 Å². The number of aryl methyl sites for hydroxylation is 1. The molecule has 1 saturated heterocycles. The molecule has 34 heavy (non-hydrogen) atoms. The number of nitrogens with zero attached hydrogens (tertiary/aromatic N) is 3. The van der Waals surface area contributed by atoms with Gasteiger partial charge in [0, 0.05) is 36.1 Å². The Labute approximate surface area is 198 Å². The number of fused-ring (bicyclic) bond motifs is 1. The Kier molecular flexibility index (Phi) is 6.18. The molecule has 7 heteroatoms. The maximum Gasteiger partial charge on any atom is 0.254 e. The van der Waals surface area contributed by atoms with Crippen LogP contribution in [0.5, 0.6) is 5.75 Å². The predicted octanol–water partition coefficient (Wildman–Crippen LogP) is 4.92. The number of nitrogens with one attached hydrogen (secondary N) is 1. The number of carbonyl (C=O) groups excluding carboxylic acids is 1. The summed E-state index contributed by atoms with van der Waals surface area (Å²) in [4.78, 5) is 19.4. The van der Waals surface area contributed by atoms with Gasteiger partial charge < -0.3 is 19.7 Å². The average Bonchev–Trinajstić information content (AvgIpc) is 3.30. The number of aromatic nitrogens is 2. The van der Waals surface area contributed by atoms with Gasteiger partial charge in [-0.05, 0) is 74.0 Å². The average molecular weight is 457 g/mol. The summed E-state index contributed by atoms with van der Waals surface area (Å²) in [5, 5.41) is 3.48. The highest BCUT2D eigenvalue weighted by Gasteiger charge is 2.20. The quantitative estimate of drug-likeness (QED) is 0.446. The number of ether oxygens (including phenoxy) is 2. The summed E-state index contributed by atoms with van der Waals surface area (Å²) in [6.07, 6.45) is 3.89. The van der Waals surface area contributed by atoms with Gasteiger partial charge in [0.15, 0.2) is 5.65 Å². The fourth-order valence-electron chi connectivity index (χ4n) is 4.28. The second kappa shape index (κ2) is 9.57. The van der Waals surface area contributed by atoms with Crippen molar-refractivity contribution in [3.63, 3.8) is 0 Å². The largest absolute Gasteiger partial charge is 0.494 e. The monoisotopic (exact) mass is 456 g/mol. The first-order valence-corrected chi connectivity index (χ1v) is 11.6. The van der Waals surface area contributed by atoms with E-state index < -0.39 is 0 Å². The molecule has 174 valence electrons. The molecule has 0 aliphatic carbocycles. The minimum atomic E-state index is 0.0581. The van der Waals surface area contributed by atoms with Crippen LogP contribution in [0.15, 0.2) is 67.0 Å². The number of hydrogen-bond acceptors (Lipinski definition) is 5. The highest BCUT2D eigenvalue weighted by molar-refractivity contribution is 5.96. The van der Waals surface area contributed by atoms with Gasteiger partial charge in [-0.25, -0.2) is 4.98 Å². The Morgan fingerprint density at radius 2 is 1.91 bits per heavy atom. The van der Waals surface area contributed by atoms with Gasteiger partial charge in [-0.3, -0.25) is 9.20 Å². The van der Waals surface area contributed by atoms with Crippen molar-refractivity contribution in [3.05, 3.63) is 78.1 Å². The Bertz CT molecular complexity index is 1310. The highest BCUT2D eigenvalue weighted by Crippen LogP contribution is 2.28. The molecular formula is C27H28N4O3. The smallest absolute Gasteiger partial charge is 0.254 e. The summed E-state index contributed by atoms with van der Waals surface area (Å²) in [6.45, 7) is 7.05. The zero-order chi connectivity index (χ0) is 23.5. The summed E-state index contributed by atoms with van der Waals surface area (Å²) < 4.78 is 13.0. The Hall–Kier alpha value is -3.84. The van der Waals surface area contributed by atoms with E-state index >= 15 is 0 Å². The lowest BCUT2D eigenvalue weighted by atomic mass is 10.1. The third-order valence-corrected chi connectivity index (χ3v) is 6.03. The van der Waals surface area contributed by atoms with Crippen molar-refractivity contribution < 1.29 is 14.3 Å². The third-order valence-electron chi connectivity index (χ3n) is 6.03. The van der Waals surface area contributed by atoms with Crippen LogP contribution in [0.3, 0.4) is 0 Å². The van der Waals surface area contributed by atoms with Crippen LogP contribution >= 0.6 is 0 Å². The number of anilines is 2. The lowest BCUT2D eigenvalue weighted by Crippen LogP contribution is -2.40. The van der Waals surface area contributed by atoms with Gasteiger partial charge >= 0.3 is 0 Å². The number of pyridine rings is 1. The number of benzene rings is 2. The first-order chi connectivity index (χ1) is 16.6. The van der Waals surface area contributed by atoms with Crippen molar-refractivity contribution >= 4 is 22.9 Å². The fraction of sp³-hybridized carbons (Fsp3) is 0.259. The standard InChI is InChI=1S/C27H28N4O3/c1-3-34-22-9-6-20(7-10-22)25-18-28-26-24(5-4-12-31(25)26)29-21-8-11-23(19(2)17-21)27(32)30-13-15-33-16-14-30/h4-12,17-18,29H,3,13-16H2,1-2H3. The molecule has 1 N–H and O–H groups in total. The van der Waals surface area contributed by atoms with E-state index in [1.165, 1.54) is 0 Å². The van der Waals surface area contributed by atoms with Crippen molar-refractivity contribution in [1.82, 2.24) is 14.3 Å². The molecule has 1 amide bonds. The van der Waals surface area contributed by atoms with Crippen LogP contribution in [0.2, 0.25) is 0 Å². The molecule has 0 atom stereocenters. The van der Waals surface area contributed by atoms with Gasteiger partial charge in [-0.15, -0.1) is 0 Å². The van der Waals surface area contributed by atoms with Crippen molar-refractivity contribution in [2.75, 3.05) is 38.2 Å². The Morgan fingerprint density at radius 3 is 2.65 bits per heavy atom. The lowest BCUT2D eigenvalue weighted by molar-refractivity contribution is 0.0302. The van der Waals surface area contributed by atoms with Crippen LogP contribution in [0, 0.1) is 6.92 Å². The van der Waals surface area contributed by atoms with E-state index in [0.29, 0.717) is 32.9 Å². The normalized spacial score (nSPS) is 13.8. The van der Waals surface area contributed by atoms with Crippen molar-refractivity contribution in [2.45, 2.75) is 13.8 Å². The third kappa shape index (κ3) is 4.34. The number of imidazole rings is 1. The van der Waals surface area contributed by atoms with Gasteiger partial charge in [0.2, 0.25) is 0 Å². The number of carbonyl (C=O) groups is 1. The molecule has 1 aliphatic rings. The second-order valence-electron chi connectivity index (χ2n) is 8.28. The summed E-state index contributed by atoms with van der Waals surface area (Å²) in [5.41, 5.74) is 6.37. The second-order valence-corrected chi connectivity index (χ2v) is 8.28. The molecule has 0 unspecified atom stereocenters. The number of amides is 1. The fourth-order valence-corrected chi connectivity index (χ4v) is 4.28. The van der Waals surface area contributed by atoms with Crippen LogP contribution in [-0.4, -0.2) is 53.1 Å². The molecule has 4 aromatic rings. The Balaban J connectivity index is 1.39. The number of morpholine rings is 1. The predicted molar refractivity (Wildman–Crippen MR) is 133 cm³/mol. The van der Waals surface area contributed by atoms with Crippen molar-refractivity contribution in [3.8, 4) is 17.0 Å². The molecule has 0 bridgehead atoms. The van der Waals surface area contributed by atoms with Crippen LogP contribution in [0.25, 0.3) is 16.9 Å². The molecule has 5 rings (SSSR count). The van der Waals surface area contributed by atoms with Gasteiger partial charge in [-0.1, -0.05) is 0 Å². The molecule has 1 aliphatic heterocycles. The topological polar surface area (TPSA) is 68.1 Å². The molecular weight excluding hydrogens is 428 g/mol. The van der Waals surface area contributed by atoms with Crippen molar-refractivity contribution in [1.29, 1.82) is 0 Å². The first kappa shape index (κ1) is 22.0. The summed E-state index contributed by atoms with van der Waals surface area (Å²) >= 11 is 0. The number of hydrogen-bond donors (Lipinski definition) is 1. The first-order valence-electron chi connectivity index (χ1n) is 11.6. The van der Waals surface area contributed by atoms with Crippen LogP contribution in [-0.2, 0) is 4.74 Å². The van der Waals surface area contributed by atoms with E-state index in [-0.39, 0.29) is 5.91 Å². The van der Waals surface area contributed by atoms with Gasteiger partial charge in [-0.2, -0.15) is 0 Å². The van der Waals surface area contributed by atoms with Gasteiger partial charge in [0.1, 0.15) is 5.75 Å². The molecule has 0 spiro atoms. The minimum Gasteiger partial charge on any atom is -0.494 e. The molecule has 0 radical (unpaired) electrons. The molecule has 1 fully saturated rings. The van der Waals surface area contributed by atoms with Gasteiger partial charge in [0.05, 0.1) is 37.4 Å². The molecule has 3 heterocycles. The summed E-state index contributed by atoms with van der Waals surface area (Å²) in [6, 6.07) is 17.9. The zero-order valence-corrected chi connectivity index (χ0v) is 19.5. The van der Waals surface area contributed by atoms with E-state index in [1.54, 1.807) is 0 Å².